The summed E-state index contributed by atoms with van der Waals surface area (Å²) in [4.78, 5) is 38.9. The molecule has 0 unspecified atom stereocenters. The molecule has 1 heterocycles. The Hall–Kier alpha value is -3.34. The smallest absolute Gasteiger partial charge is 0.294 e. The third-order valence-electron chi connectivity index (χ3n) is 5.32. The van der Waals surface area contributed by atoms with Crippen molar-refractivity contribution in [2.45, 2.75) is 6.61 Å². The molecule has 0 spiro atoms. The molecular weight excluding hydrogens is 685 g/mol. The molecule has 1 saturated heterocycles. The number of hydrogen-bond acceptors (Lipinski definition) is 7. The number of amides is 3. The standard InChI is InChI=1S/C27H19BrIN3O5S/c1-36-22-11-18(10-21(28)25(22)37-15-17-4-2-16(13-30)3-5-17)12-23-26(34)32(27(35)38-23)14-24(33)31-20-8-6-19(29)7-9-20/h2-12H,14-15H2,1H3,(H,31,33)/b23-12+. The second kappa shape index (κ2) is 12.5. The van der Waals surface area contributed by atoms with Crippen LogP contribution in [0.4, 0.5) is 10.5 Å². The predicted molar refractivity (Wildman–Crippen MR) is 157 cm³/mol. The molecule has 0 aromatic heterocycles. The molecule has 8 nitrogen and oxygen atoms in total. The second-order valence-corrected chi connectivity index (χ2v) is 11.0. The molecule has 3 aromatic carbocycles. The van der Waals surface area contributed by atoms with Crippen molar-refractivity contribution >= 4 is 79.1 Å². The minimum Gasteiger partial charge on any atom is -0.493 e. The SMILES string of the molecule is COc1cc(/C=C2/SC(=O)N(CC(=O)Nc3ccc(I)cc3)C2=O)cc(Br)c1OCc1ccc(C#N)cc1. The van der Waals surface area contributed by atoms with Crippen LogP contribution in [0.3, 0.4) is 0 Å². The lowest BCUT2D eigenvalue weighted by Crippen LogP contribution is -2.36. The van der Waals surface area contributed by atoms with Gasteiger partial charge in [-0.15, -0.1) is 0 Å². The number of benzene rings is 3. The summed E-state index contributed by atoms with van der Waals surface area (Å²) < 4.78 is 13.0. The van der Waals surface area contributed by atoms with E-state index >= 15 is 0 Å². The number of anilines is 1. The van der Waals surface area contributed by atoms with Gasteiger partial charge in [-0.25, -0.2) is 0 Å². The Bertz CT molecular complexity index is 1470. The van der Waals surface area contributed by atoms with Gasteiger partial charge < -0.3 is 14.8 Å². The molecule has 38 heavy (non-hydrogen) atoms. The zero-order chi connectivity index (χ0) is 27.2. The Morgan fingerprint density at radius 3 is 2.53 bits per heavy atom. The molecule has 0 atom stereocenters. The summed E-state index contributed by atoms with van der Waals surface area (Å²) in [5.74, 6) is -0.123. The number of imide groups is 1. The van der Waals surface area contributed by atoms with Gasteiger partial charge in [-0.05, 0) is 116 Å². The molecule has 11 heteroatoms. The van der Waals surface area contributed by atoms with E-state index in [9.17, 15) is 14.4 Å². The third-order valence-corrected chi connectivity index (χ3v) is 7.53. The fourth-order valence-electron chi connectivity index (χ4n) is 3.46. The Morgan fingerprint density at radius 2 is 1.87 bits per heavy atom. The first-order valence-corrected chi connectivity index (χ1v) is 13.8. The van der Waals surface area contributed by atoms with Crippen LogP contribution in [0.5, 0.6) is 11.5 Å². The molecule has 192 valence electrons. The lowest BCUT2D eigenvalue weighted by molar-refractivity contribution is -0.127. The topological polar surface area (TPSA) is 109 Å². The fraction of sp³-hybridized carbons (Fsp3) is 0.111. The number of carbonyl (C=O) groups is 3. The highest BCUT2D eigenvalue weighted by Gasteiger charge is 2.36. The summed E-state index contributed by atoms with van der Waals surface area (Å²) in [5, 5.41) is 11.1. The Morgan fingerprint density at radius 1 is 1.16 bits per heavy atom. The highest BCUT2D eigenvalue weighted by molar-refractivity contribution is 14.1. The maximum absolute atomic E-state index is 12.9. The molecule has 3 amide bonds. The van der Waals surface area contributed by atoms with Gasteiger partial charge in [0.25, 0.3) is 11.1 Å². The summed E-state index contributed by atoms with van der Waals surface area (Å²) in [6.45, 7) is -0.133. The Balaban J connectivity index is 1.45. The van der Waals surface area contributed by atoms with Crippen LogP contribution in [0.25, 0.3) is 6.08 Å². The normalized spacial score (nSPS) is 13.9. The van der Waals surface area contributed by atoms with Crippen LogP contribution < -0.4 is 14.8 Å². The first kappa shape index (κ1) is 27.7. The quantitative estimate of drug-likeness (QED) is 0.220. The van der Waals surface area contributed by atoms with Crippen LogP contribution in [0.15, 0.2) is 70.0 Å². The molecule has 0 bridgehead atoms. The minimum atomic E-state index is -0.547. The van der Waals surface area contributed by atoms with E-state index in [0.29, 0.717) is 32.8 Å². The van der Waals surface area contributed by atoms with E-state index in [4.69, 9.17) is 14.7 Å². The first-order chi connectivity index (χ1) is 18.3. The van der Waals surface area contributed by atoms with Gasteiger partial charge in [0.2, 0.25) is 5.91 Å². The van der Waals surface area contributed by atoms with Gasteiger partial charge >= 0.3 is 0 Å². The van der Waals surface area contributed by atoms with E-state index in [-0.39, 0.29) is 18.1 Å². The van der Waals surface area contributed by atoms with Crippen molar-refractivity contribution in [2.75, 3.05) is 19.0 Å². The van der Waals surface area contributed by atoms with E-state index < -0.39 is 17.1 Å². The molecule has 4 rings (SSSR count). The Kier molecular flexibility index (Phi) is 9.09. The number of hydrogen-bond donors (Lipinski definition) is 1. The van der Waals surface area contributed by atoms with Gasteiger partial charge in [0, 0.05) is 9.26 Å². The average molecular weight is 704 g/mol. The number of methoxy groups -OCH3 is 1. The van der Waals surface area contributed by atoms with Crippen molar-refractivity contribution in [3.05, 3.63) is 90.3 Å². The summed E-state index contributed by atoms with van der Waals surface area (Å²) in [7, 11) is 1.50. The second-order valence-electron chi connectivity index (χ2n) is 7.95. The van der Waals surface area contributed by atoms with Gasteiger partial charge in [0.1, 0.15) is 13.2 Å². The van der Waals surface area contributed by atoms with Gasteiger partial charge in [-0.1, -0.05) is 12.1 Å². The third kappa shape index (κ3) is 6.75. The monoisotopic (exact) mass is 703 g/mol. The molecule has 1 fully saturated rings. The van der Waals surface area contributed by atoms with Crippen LogP contribution in [-0.4, -0.2) is 35.6 Å². The molecule has 0 saturated carbocycles. The van der Waals surface area contributed by atoms with Crippen molar-refractivity contribution in [1.29, 1.82) is 5.26 Å². The predicted octanol–water partition coefficient (Wildman–Crippen LogP) is 6.19. The zero-order valence-electron chi connectivity index (χ0n) is 19.9. The molecule has 1 N–H and O–H groups in total. The van der Waals surface area contributed by atoms with Crippen molar-refractivity contribution in [3.63, 3.8) is 0 Å². The number of carbonyl (C=O) groups excluding carboxylic acids is 3. The van der Waals surface area contributed by atoms with Crippen molar-refractivity contribution < 1.29 is 23.9 Å². The van der Waals surface area contributed by atoms with Gasteiger partial charge in [-0.3, -0.25) is 19.3 Å². The van der Waals surface area contributed by atoms with Crippen molar-refractivity contribution in [2.24, 2.45) is 0 Å². The highest BCUT2D eigenvalue weighted by atomic mass is 127. The fourth-order valence-corrected chi connectivity index (χ4v) is 5.23. The highest BCUT2D eigenvalue weighted by Crippen LogP contribution is 2.39. The van der Waals surface area contributed by atoms with Crippen molar-refractivity contribution in [1.82, 2.24) is 4.90 Å². The summed E-state index contributed by atoms with van der Waals surface area (Å²) in [6.07, 6.45) is 1.57. The van der Waals surface area contributed by atoms with Crippen LogP contribution in [0, 0.1) is 14.9 Å². The number of ether oxygens (including phenoxy) is 2. The van der Waals surface area contributed by atoms with Crippen LogP contribution in [0.2, 0.25) is 0 Å². The van der Waals surface area contributed by atoms with E-state index in [1.807, 2.05) is 24.3 Å². The Labute approximate surface area is 245 Å². The zero-order valence-corrected chi connectivity index (χ0v) is 24.4. The average Bonchev–Trinajstić information content (AvgIpc) is 3.16. The molecule has 1 aliphatic rings. The van der Waals surface area contributed by atoms with Gasteiger partial charge in [0.15, 0.2) is 11.5 Å². The van der Waals surface area contributed by atoms with Crippen LogP contribution in [-0.2, 0) is 16.2 Å². The largest absolute Gasteiger partial charge is 0.493 e. The minimum absolute atomic E-state index is 0.192. The number of nitriles is 1. The number of thioether (sulfide) groups is 1. The van der Waals surface area contributed by atoms with Gasteiger partial charge in [-0.2, -0.15) is 5.26 Å². The summed E-state index contributed by atoms with van der Waals surface area (Å²) >= 11 is 6.42. The van der Waals surface area contributed by atoms with Crippen LogP contribution >= 0.6 is 50.3 Å². The lowest BCUT2D eigenvalue weighted by atomic mass is 10.1. The molecular formula is C27H19BrIN3O5S. The molecule has 3 aromatic rings. The number of nitrogens with zero attached hydrogens (tertiary/aromatic N) is 2. The maximum Gasteiger partial charge on any atom is 0.294 e. The van der Waals surface area contributed by atoms with E-state index in [2.05, 4.69) is 49.9 Å². The van der Waals surface area contributed by atoms with E-state index in [1.165, 1.54) is 7.11 Å². The molecule has 0 radical (unpaired) electrons. The number of halogens is 2. The number of nitrogens with one attached hydrogen (secondary N) is 1. The lowest BCUT2D eigenvalue weighted by Gasteiger charge is -2.14. The number of rotatable bonds is 8. The molecule has 1 aliphatic heterocycles. The van der Waals surface area contributed by atoms with E-state index in [1.54, 1.807) is 42.5 Å². The summed E-state index contributed by atoms with van der Waals surface area (Å²) in [5.41, 5.74) is 2.62. The summed E-state index contributed by atoms with van der Waals surface area (Å²) in [6, 6.07) is 19.7. The van der Waals surface area contributed by atoms with E-state index in [0.717, 1.165) is 25.8 Å². The first-order valence-electron chi connectivity index (χ1n) is 11.1. The van der Waals surface area contributed by atoms with Gasteiger partial charge in [0.05, 0.1) is 28.1 Å². The van der Waals surface area contributed by atoms with Crippen LogP contribution in [0.1, 0.15) is 16.7 Å². The maximum atomic E-state index is 12.9. The molecule has 0 aliphatic carbocycles. The van der Waals surface area contributed by atoms with Crippen molar-refractivity contribution in [3.8, 4) is 17.6 Å².